The van der Waals surface area contributed by atoms with E-state index >= 15 is 0 Å². The lowest BCUT2D eigenvalue weighted by atomic mass is 9.94. The molecule has 5 N–H and O–H groups in total. The molecule has 118 valence electrons. The number of likely N-dealkylation sites (N-methyl/N-ethyl adjacent to an activating group) is 1. The Kier molecular flexibility index (Phi) is 5.51. The van der Waals surface area contributed by atoms with E-state index in [9.17, 15) is 25.2 Å². The van der Waals surface area contributed by atoms with Crippen molar-refractivity contribution in [3.63, 3.8) is 0 Å². The first kappa shape index (κ1) is 17.3. The first-order valence-corrected chi connectivity index (χ1v) is 6.85. The van der Waals surface area contributed by atoms with E-state index in [1.165, 1.54) is 11.9 Å². The van der Waals surface area contributed by atoms with Gasteiger partial charge in [-0.2, -0.15) is 0 Å². The van der Waals surface area contributed by atoms with Crippen LogP contribution in [-0.4, -0.2) is 74.0 Å². The molecule has 1 aliphatic carbocycles. The van der Waals surface area contributed by atoms with Gasteiger partial charge in [0, 0.05) is 18.9 Å². The van der Waals surface area contributed by atoms with Crippen molar-refractivity contribution < 1.29 is 30.3 Å². The van der Waals surface area contributed by atoms with Crippen LogP contribution in [0.15, 0.2) is 0 Å². The molecule has 0 radical (unpaired) electrons. The molecule has 4 unspecified atom stereocenters. The van der Waals surface area contributed by atoms with E-state index in [1.54, 1.807) is 6.92 Å². The van der Waals surface area contributed by atoms with Crippen molar-refractivity contribution in [1.29, 1.82) is 0 Å². The van der Waals surface area contributed by atoms with Crippen LogP contribution in [0.1, 0.15) is 26.7 Å². The quantitative estimate of drug-likeness (QED) is 0.391. The van der Waals surface area contributed by atoms with E-state index in [0.717, 1.165) is 0 Å². The Bertz CT molecular complexity index is 352. The molecule has 0 bridgehead atoms. The van der Waals surface area contributed by atoms with Crippen LogP contribution in [0.3, 0.4) is 0 Å². The van der Waals surface area contributed by atoms with Crippen molar-refractivity contribution in [3.05, 3.63) is 0 Å². The molecule has 7 nitrogen and oxygen atoms in total. The number of aliphatic hydroxyl groups is 4. The number of aliphatic carboxylic acids is 1. The Morgan fingerprint density at radius 3 is 2.35 bits per heavy atom. The van der Waals surface area contributed by atoms with Crippen LogP contribution in [0.4, 0.5) is 0 Å². The summed E-state index contributed by atoms with van der Waals surface area (Å²) in [5.41, 5.74) is -1.86. The number of aliphatic hydroxyl groups excluding tert-OH is 3. The fraction of sp³-hybridized carbons (Fsp3) is 0.923. The lowest BCUT2D eigenvalue weighted by Gasteiger charge is -2.42. The minimum atomic E-state index is -1.86. The average Bonchev–Trinajstić information content (AvgIpc) is 2.63. The summed E-state index contributed by atoms with van der Waals surface area (Å²) >= 11 is 0. The van der Waals surface area contributed by atoms with Crippen LogP contribution in [-0.2, 0) is 4.79 Å². The third-order valence-electron chi connectivity index (χ3n) is 4.54. The highest BCUT2D eigenvalue weighted by molar-refractivity contribution is 5.74. The summed E-state index contributed by atoms with van der Waals surface area (Å²) in [5.74, 6) is -2.01. The summed E-state index contributed by atoms with van der Waals surface area (Å²) in [4.78, 5) is 12.6. The summed E-state index contributed by atoms with van der Waals surface area (Å²) in [6, 6.07) is -0.982. The smallest absolute Gasteiger partial charge is 0.321 e. The zero-order valence-electron chi connectivity index (χ0n) is 12.1. The zero-order chi connectivity index (χ0) is 15.7. The molecular weight excluding hydrogens is 266 g/mol. The SMILES string of the molecule is CCC(C)C(C(=O)O)N(C)C1(O)C[C@H](CO)C(O)[C@@H]1O. The van der Waals surface area contributed by atoms with Gasteiger partial charge in [-0.1, -0.05) is 20.3 Å². The Hall–Kier alpha value is -0.730. The van der Waals surface area contributed by atoms with Gasteiger partial charge < -0.3 is 25.5 Å². The van der Waals surface area contributed by atoms with Gasteiger partial charge in [0.05, 0.1) is 6.10 Å². The number of carboxylic acid groups (broad SMARTS) is 1. The minimum absolute atomic E-state index is 0.0808. The molecule has 20 heavy (non-hydrogen) atoms. The lowest BCUT2D eigenvalue weighted by molar-refractivity contribution is -0.196. The molecule has 0 spiro atoms. The molecule has 0 aliphatic heterocycles. The number of hydrogen-bond donors (Lipinski definition) is 5. The minimum Gasteiger partial charge on any atom is -0.480 e. The first-order valence-electron chi connectivity index (χ1n) is 6.85. The summed E-state index contributed by atoms with van der Waals surface area (Å²) in [6.45, 7) is 3.21. The Morgan fingerprint density at radius 1 is 1.45 bits per heavy atom. The Balaban J connectivity index is 3.04. The molecule has 0 amide bonds. The molecule has 7 heteroatoms. The molecule has 0 aromatic heterocycles. The Labute approximate surface area is 118 Å². The second-order valence-corrected chi connectivity index (χ2v) is 5.74. The maximum absolute atomic E-state index is 11.4. The molecule has 0 aromatic carbocycles. The predicted molar refractivity (Wildman–Crippen MR) is 70.8 cm³/mol. The number of nitrogens with zero attached hydrogens (tertiary/aromatic N) is 1. The van der Waals surface area contributed by atoms with Gasteiger partial charge in [0.25, 0.3) is 0 Å². The van der Waals surface area contributed by atoms with Gasteiger partial charge in [-0.3, -0.25) is 9.69 Å². The van der Waals surface area contributed by atoms with E-state index in [1.807, 2.05) is 6.92 Å². The first-order chi connectivity index (χ1) is 9.20. The standard InChI is InChI=1S/C13H25NO6/c1-4-7(2)9(12(18)19)14(3)13(20)5-8(6-15)10(16)11(13)17/h7-11,15-17,20H,4-6H2,1-3H3,(H,18,19)/t7?,8-,9?,10?,11+,13?/m1/s1. The van der Waals surface area contributed by atoms with Gasteiger partial charge in [0.1, 0.15) is 17.9 Å². The lowest BCUT2D eigenvalue weighted by Crippen LogP contribution is -2.61. The van der Waals surface area contributed by atoms with Gasteiger partial charge in [0.2, 0.25) is 0 Å². The Morgan fingerprint density at radius 2 is 2.00 bits per heavy atom. The normalized spacial score (nSPS) is 37.1. The van der Waals surface area contributed by atoms with Crippen LogP contribution in [0.25, 0.3) is 0 Å². The highest BCUT2D eigenvalue weighted by Gasteiger charge is 2.56. The maximum Gasteiger partial charge on any atom is 0.321 e. The van der Waals surface area contributed by atoms with Crippen LogP contribution < -0.4 is 0 Å². The van der Waals surface area contributed by atoms with E-state index in [2.05, 4.69) is 0 Å². The molecule has 1 rings (SSSR count). The molecule has 0 aromatic rings. The van der Waals surface area contributed by atoms with Crippen molar-refractivity contribution in [2.45, 2.75) is 50.7 Å². The van der Waals surface area contributed by atoms with Crippen LogP contribution in [0.2, 0.25) is 0 Å². The highest BCUT2D eigenvalue weighted by Crippen LogP contribution is 2.39. The second kappa shape index (κ2) is 6.36. The topological polar surface area (TPSA) is 121 Å². The van der Waals surface area contributed by atoms with Gasteiger partial charge in [-0.15, -0.1) is 0 Å². The van der Waals surface area contributed by atoms with Crippen molar-refractivity contribution in [3.8, 4) is 0 Å². The fourth-order valence-electron chi connectivity index (χ4n) is 2.94. The van der Waals surface area contributed by atoms with Crippen molar-refractivity contribution in [1.82, 2.24) is 4.90 Å². The van der Waals surface area contributed by atoms with Crippen LogP contribution in [0, 0.1) is 11.8 Å². The molecule has 1 fully saturated rings. The third-order valence-corrected chi connectivity index (χ3v) is 4.54. The highest BCUT2D eigenvalue weighted by atomic mass is 16.4. The number of hydrogen-bond acceptors (Lipinski definition) is 6. The van der Waals surface area contributed by atoms with E-state index in [-0.39, 0.29) is 18.9 Å². The molecular formula is C13H25NO6. The molecule has 1 aliphatic rings. The van der Waals surface area contributed by atoms with Gasteiger partial charge >= 0.3 is 5.97 Å². The van der Waals surface area contributed by atoms with E-state index in [4.69, 9.17) is 5.11 Å². The molecule has 0 saturated heterocycles. The molecule has 6 atom stereocenters. The van der Waals surface area contributed by atoms with Crippen molar-refractivity contribution in [2.75, 3.05) is 13.7 Å². The summed E-state index contributed by atoms with van der Waals surface area (Å²) in [6.07, 6.45) is -2.28. The number of carbonyl (C=O) groups is 1. The monoisotopic (exact) mass is 291 g/mol. The van der Waals surface area contributed by atoms with Gasteiger partial charge in [-0.25, -0.2) is 0 Å². The van der Waals surface area contributed by atoms with E-state index < -0.39 is 35.9 Å². The summed E-state index contributed by atoms with van der Waals surface area (Å²) < 4.78 is 0. The maximum atomic E-state index is 11.4. The number of rotatable bonds is 6. The van der Waals surface area contributed by atoms with Gasteiger partial charge in [0.15, 0.2) is 0 Å². The van der Waals surface area contributed by atoms with Crippen molar-refractivity contribution >= 4 is 5.97 Å². The third kappa shape index (κ3) is 2.82. The number of carboxylic acids is 1. The van der Waals surface area contributed by atoms with Crippen molar-refractivity contribution in [2.24, 2.45) is 11.8 Å². The summed E-state index contributed by atoms with van der Waals surface area (Å²) in [7, 11) is 1.42. The summed E-state index contributed by atoms with van der Waals surface area (Å²) in [5, 5.41) is 49.0. The zero-order valence-corrected chi connectivity index (χ0v) is 12.1. The van der Waals surface area contributed by atoms with Crippen LogP contribution >= 0.6 is 0 Å². The molecule has 1 saturated carbocycles. The fourth-order valence-corrected chi connectivity index (χ4v) is 2.94. The van der Waals surface area contributed by atoms with Crippen LogP contribution in [0.5, 0.6) is 0 Å². The average molecular weight is 291 g/mol. The molecule has 0 heterocycles. The van der Waals surface area contributed by atoms with E-state index in [0.29, 0.717) is 6.42 Å². The largest absolute Gasteiger partial charge is 0.480 e. The predicted octanol–water partition coefficient (Wildman–Crippen LogP) is -1.16. The van der Waals surface area contributed by atoms with Gasteiger partial charge in [-0.05, 0) is 13.0 Å². The second-order valence-electron chi connectivity index (χ2n) is 5.74.